The topological polar surface area (TPSA) is 78.5 Å². The van der Waals surface area contributed by atoms with Gasteiger partial charge in [-0.25, -0.2) is 9.78 Å². The van der Waals surface area contributed by atoms with Crippen LogP contribution in [0.15, 0.2) is 54.9 Å². The number of imidazole rings is 1. The van der Waals surface area contributed by atoms with Crippen molar-refractivity contribution in [3.63, 3.8) is 0 Å². The molecule has 2 N–H and O–H groups in total. The third-order valence-electron chi connectivity index (χ3n) is 5.52. The molecule has 0 aliphatic carbocycles. The first kappa shape index (κ1) is 19.2. The van der Waals surface area contributed by atoms with Gasteiger partial charge < -0.3 is 14.8 Å². The van der Waals surface area contributed by atoms with Gasteiger partial charge in [0.1, 0.15) is 11.3 Å². The van der Waals surface area contributed by atoms with Crippen molar-refractivity contribution >= 4 is 5.97 Å². The lowest BCUT2D eigenvalue weighted by Crippen LogP contribution is -2.33. The number of hydrogen-bond acceptors (Lipinski definition) is 4. The van der Waals surface area contributed by atoms with Crippen LogP contribution in [0.25, 0.3) is 0 Å². The van der Waals surface area contributed by atoms with Crippen molar-refractivity contribution in [1.82, 2.24) is 14.9 Å². The molecule has 1 aromatic heterocycles. The molecule has 3 aromatic rings. The third-order valence-corrected chi connectivity index (χ3v) is 5.52. The monoisotopic (exact) mass is 391 g/mol. The maximum absolute atomic E-state index is 11.5. The maximum Gasteiger partial charge on any atom is 0.339 e. The number of aromatic carboxylic acids is 1. The first-order valence-corrected chi connectivity index (χ1v) is 9.82. The number of carboxylic acids is 1. The van der Waals surface area contributed by atoms with E-state index in [4.69, 9.17) is 4.74 Å². The summed E-state index contributed by atoms with van der Waals surface area (Å²) in [5.41, 5.74) is 4.82. The highest BCUT2D eigenvalue weighted by Gasteiger charge is 2.27. The Bertz CT molecular complexity index is 984. The Morgan fingerprint density at radius 1 is 1.24 bits per heavy atom. The van der Waals surface area contributed by atoms with Gasteiger partial charge in [-0.2, -0.15) is 0 Å². The molecule has 150 valence electrons. The lowest BCUT2D eigenvalue weighted by Gasteiger charge is -2.32. The Kier molecular flexibility index (Phi) is 5.62. The molecule has 0 fully saturated rings. The summed E-state index contributed by atoms with van der Waals surface area (Å²) in [4.78, 5) is 21.7. The van der Waals surface area contributed by atoms with Gasteiger partial charge >= 0.3 is 5.97 Å². The summed E-state index contributed by atoms with van der Waals surface area (Å²) in [6.07, 6.45) is 3.82. The number of nitrogens with zero attached hydrogens (tertiary/aromatic N) is 2. The Hall–Kier alpha value is -3.12. The number of H-pyrrole nitrogens is 1. The predicted octanol–water partition coefficient (Wildman–Crippen LogP) is 3.85. The molecular formula is C23H25N3O3. The van der Waals surface area contributed by atoms with Crippen LogP contribution in [-0.4, -0.2) is 39.6 Å². The molecule has 1 aliphatic rings. The van der Waals surface area contributed by atoms with Crippen LogP contribution in [0.1, 0.15) is 45.2 Å². The van der Waals surface area contributed by atoms with Crippen LogP contribution < -0.4 is 4.74 Å². The van der Waals surface area contributed by atoms with Gasteiger partial charge in [-0.1, -0.05) is 36.4 Å². The fourth-order valence-corrected chi connectivity index (χ4v) is 4.11. The van der Waals surface area contributed by atoms with Crippen LogP contribution in [0.2, 0.25) is 0 Å². The minimum atomic E-state index is -0.973. The normalized spacial score (nSPS) is 16.4. The summed E-state index contributed by atoms with van der Waals surface area (Å²) in [7, 11) is 1.49. The van der Waals surface area contributed by atoms with Crippen LogP contribution >= 0.6 is 0 Å². The zero-order chi connectivity index (χ0) is 20.2. The van der Waals surface area contributed by atoms with Crippen molar-refractivity contribution in [3.8, 4) is 5.75 Å². The second kappa shape index (κ2) is 8.49. The lowest BCUT2D eigenvalue weighted by molar-refractivity contribution is 0.0693. The van der Waals surface area contributed by atoms with Crippen LogP contribution in [-0.2, 0) is 19.5 Å². The molecule has 0 saturated heterocycles. The Labute approximate surface area is 170 Å². The molecule has 0 radical (unpaired) electrons. The van der Waals surface area contributed by atoms with Crippen molar-refractivity contribution in [1.29, 1.82) is 0 Å². The summed E-state index contributed by atoms with van der Waals surface area (Å²) >= 11 is 0. The van der Waals surface area contributed by atoms with Crippen molar-refractivity contribution < 1.29 is 14.6 Å². The van der Waals surface area contributed by atoms with E-state index in [1.54, 1.807) is 18.5 Å². The first-order valence-electron chi connectivity index (χ1n) is 9.82. The zero-order valence-corrected chi connectivity index (χ0v) is 16.5. The average Bonchev–Trinajstić information content (AvgIpc) is 3.21. The van der Waals surface area contributed by atoms with E-state index in [0.29, 0.717) is 18.2 Å². The van der Waals surface area contributed by atoms with Gasteiger partial charge in [0.05, 0.1) is 24.8 Å². The summed E-state index contributed by atoms with van der Waals surface area (Å²) in [6, 6.07) is 15.9. The molecule has 0 amide bonds. The second-order valence-electron chi connectivity index (χ2n) is 7.50. The standard InChI is InChI=1S/C23H25N3O3/c1-29-21-10-8-17(11-19(21)23(27)28)12-26-13-18(22-20(14-26)24-15-25-22)9-7-16-5-3-2-4-6-16/h2-6,8,10-11,15,18H,7,9,12-14H2,1H3,(H,24,25)(H,27,28). The fourth-order valence-electron chi connectivity index (χ4n) is 4.11. The van der Waals surface area contributed by atoms with Gasteiger partial charge in [0, 0.05) is 25.6 Å². The van der Waals surface area contributed by atoms with E-state index in [0.717, 1.165) is 42.9 Å². The van der Waals surface area contributed by atoms with Crippen molar-refractivity contribution in [2.24, 2.45) is 0 Å². The number of fused-ring (bicyclic) bond motifs is 1. The average molecular weight is 391 g/mol. The molecule has 0 spiro atoms. The van der Waals surface area contributed by atoms with Gasteiger partial charge in [0.25, 0.3) is 0 Å². The number of carbonyl (C=O) groups is 1. The van der Waals surface area contributed by atoms with E-state index in [2.05, 4.69) is 39.1 Å². The number of aromatic amines is 1. The minimum Gasteiger partial charge on any atom is -0.496 e. The molecule has 4 rings (SSSR count). The highest BCUT2D eigenvalue weighted by atomic mass is 16.5. The van der Waals surface area contributed by atoms with Crippen molar-refractivity contribution in [2.75, 3.05) is 13.7 Å². The molecule has 0 bridgehead atoms. The Morgan fingerprint density at radius 3 is 2.83 bits per heavy atom. The van der Waals surface area contributed by atoms with Crippen molar-refractivity contribution in [3.05, 3.63) is 82.9 Å². The van der Waals surface area contributed by atoms with Gasteiger partial charge in [0.2, 0.25) is 0 Å². The number of hydrogen-bond donors (Lipinski definition) is 2. The summed E-state index contributed by atoms with van der Waals surface area (Å²) in [6.45, 7) is 2.37. The van der Waals surface area contributed by atoms with E-state index >= 15 is 0 Å². The molecule has 6 heteroatoms. The number of methoxy groups -OCH3 is 1. The van der Waals surface area contributed by atoms with E-state index < -0.39 is 5.97 Å². The molecule has 6 nitrogen and oxygen atoms in total. The molecule has 29 heavy (non-hydrogen) atoms. The first-order chi connectivity index (χ1) is 14.1. The fraction of sp³-hybridized carbons (Fsp3) is 0.304. The highest BCUT2D eigenvalue weighted by Crippen LogP contribution is 2.31. The largest absolute Gasteiger partial charge is 0.496 e. The van der Waals surface area contributed by atoms with Crippen LogP contribution in [0.3, 0.4) is 0 Å². The summed E-state index contributed by atoms with van der Waals surface area (Å²) < 4.78 is 5.17. The van der Waals surface area contributed by atoms with E-state index in [1.807, 2.05) is 12.1 Å². The quantitative estimate of drug-likeness (QED) is 0.640. The number of carboxylic acid groups (broad SMARTS) is 1. The van der Waals surface area contributed by atoms with Crippen LogP contribution in [0.5, 0.6) is 5.75 Å². The minimum absolute atomic E-state index is 0.199. The number of nitrogens with one attached hydrogen (secondary N) is 1. The second-order valence-corrected chi connectivity index (χ2v) is 7.50. The molecule has 1 aliphatic heterocycles. The molecule has 1 unspecified atom stereocenters. The molecular weight excluding hydrogens is 366 g/mol. The molecule has 0 saturated carbocycles. The highest BCUT2D eigenvalue weighted by molar-refractivity contribution is 5.91. The van der Waals surface area contributed by atoms with Crippen LogP contribution in [0, 0.1) is 0 Å². The van der Waals surface area contributed by atoms with E-state index in [-0.39, 0.29) is 5.56 Å². The number of aryl methyl sites for hydroxylation is 1. The third kappa shape index (κ3) is 4.32. The number of rotatable bonds is 7. The van der Waals surface area contributed by atoms with E-state index in [1.165, 1.54) is 12.7 Å². The maximum atomic E-state index is 11.5. The Morgan fingerprint density at radius 2 is 2.07 bits per heavy atom. The van der Waals surface area contributed by atoms with E-state index in [9.17, 15) is 9.90 Å². The molecule has 2 aromatic carbocycles. The van der Waals surface area contributed by atoms with Gasteiger partial charge in [-0.3, -0.25) is 4.90 Å². The smallest absolute Gasteiger partial charge is 0.339 e. The lowest BCUT2D eigenvalue weighted by atomic mass is 9.91. The summed E-state index contributed by atoms with van der Waals surface area (Å²) in [5.74, 6) is -0.238. The van der Waals surface area contributed by atoms with Gasteiger partial charge in [0.15, 0.2) is 0 Å². The van der Waals surface area contributed by atoms with Crippen molar-refractivity contribution in [2.45, 2.75) is 31.8 Å². The number of aromatic nitrogens is 2. The number of ether oxygens (including phenoxy) is 1. The van der Waals surface area contributed by atoms with Gasteiger partial charge in [-0.15, -0.1) is 0 Å². The Balaban J connectivity index is 1.49. The predicted molar refractivity (Wildman–Crippen MR) is 110 cm³/mol. The van der Waals surface area contributed by atoms with Gasteiger partial charge in [-0.05, 0) is 36.1 Å². The summed E-state index contributed by atoms with van der Waals surface area (Å²) in [5, 5.41) is 9.44. The molecule has 2 heterocycles. The zero-order valence-electron chi connectivity index (χ0n) is 16.5. The van der Waals surface area contributed by atoms with Crippen LogP contribution in [0.4, 0.5) is 0 Å². The number of benzene rings is 2. The SMILES string of the molecule is COc1ccc(CN2Cc3[nH]cnc3C(CCc3ccccc3)C2)cc1C(=O)O. The molecule has 1 atom stereocenters.